The second-order valence-corrected chi connectivity index (χ2v) is 4.59. The highest BCUT2D eigenvalue weighted by atomic mass is 16.4. The predicted octanol–water partition coefficient (Wildman–Crippen LogP) is 4.98. The van der Waals surface area contributed by atoms with E-state index >= 15 is 0 Å². The van der Waals surface area contributed by atoms with Gasteiger partial charge in [0.05, 0.1) is 0 Å². The van der Waals surface area contributed by atoms with Gasteiger partial charge in [-0.05, 0) is 18.1 Å². The summed E-state index contributed by atoms with van der Waals surface area (Å²) in [5.74, 6) is -0.932. The smallest absolute Gasteiger partial charge is 0.328 e. The molecule has 112 valence electrons. The van der Waals surface area contributed by atoms with Crippen molar-refractivity contribution in [2.24, 2.45) is 0 Å². The Morgan fingerprint density at radius 1 is 1.00 bits per heavy atom. The monoisotopic (exact) mass is 292 g/mol. The summed E-state index contributed by atoms with van der Waals surface area (Å²) < 4.78 is 0. The SMILES string of the molecule is C=Cc1ccccc1.Cc1cccc(C=CC=CC(=O)O)c1. The average Bonchev–Trinajstić information content (AvgIpc) is 2.53. The third-order valence-corrected chi connectivity index (χ3v) is 2.72. The van der Waals surface area contributed by atoms with E-state index in [4.69, 9.17) is 5.11 Å². The molecule has 0 aliphatic rings. The molecule has 2 nitrogen and oxygen atoms in total. The summed E-state index contributed by atoms with van der Waals surface area (Å²) in [5.41, 5.74) is 3.43. The molecule has 0 amide bonds. The Kier molecular flexibility index (Phi) is 7.77. The van der Waals surface area contributed by atoms with Crippen molar-refractivity contribution in [3.8, 4) is 0 Å². The zero-order valence-electron chi connectivity index (χ0n) is 12.6. The van der Waals surface area contributed by atoms with Crippen molar-refractivity contribution < 1.29 is 9.90 Å². The average molecular weight is 292 g/mol. The number of hydrogen-bond acceptors (Lipinski definition) is 1. The van der Waals surface area contributed by atoms with Crippen molar-refractivity contribution >= 4 is 18.1 Å². The van der Waals surface area contributed by atoms with Crippen LogP contribution >= 0.6 is 0 Å². The van der Waals surface area contributed by atoms with Crippen LogP contribution in [0.1, 0.15) is 16.7 Å². The van der Waals surface area contributed by atoms with Crippen LogP contribution in [0.2, 0.25) is 0 Å². The molecule has 2 rings (SSSR count). The van der Waals surface area contributed by atoms with Crippen LogP contribution in [0.5, 0.6) is 0 Å². The fourth-order valence-electron chi connectivity index (χ4n) is 1.67. The first-order valence-electron chi connectivity index (χ1n) is 6.93. The van der Waals surface area contributed by atoms with Gasteiger partial charge in [-0.1, -0.05) is 91.0 Å². The fourth-order valence-corrected chi connectivity index (χ4v) is 1.67. The summed E-state index contributed by atoms with van der Waals surface area (Å²) in [6, 6.07) is 18.0. The van der Waals surface area contributed by atoms with Gasteiger partial charge in [-0.2, -0.15) is 0 Å². The molecule has 0 radical (unpaired) electrons. The van der Waals surface area contributed by atoms with Crippen molar-refractivity contribution in [1.29, 1.82) is 0 Å². The van der Waals surface area contributed by atoms with Gasteiger partial charge in [-0.3, -0.25) is 0 Å². The molecule has 2 heteroatoms. The molecule has 2 aromatic rings. The van der Waals surface area contributed by atoms with Crippen LogP contribution in [-0.4, -0.2) is 11.1 Å². The van der Waals surface area contributed by atoms with Crippen LogP contribution < -0.4 is 0 Å². The van der Waals surface area contributed by atoms with Crippen molar-refractivity contribution in [1.82, 2.24) is 0 Å². The van der Waals surface area contributed by atoms with E-state index in [-0.39, 0.29) is 0 Å². The molecule has 0 aromatic heterocycles. The molecule has 22 heavy (non-hydrogen) atoms. The Balaban J connectivity index is 0.000000255. The zero-order chi connectivity index (χ0) is 16.2. The quantitative estimate of drug-likeness (QED) is 0.637. The van der Waals surface area contributed by atoms with Crippen LogP contribution in [0.15, 0.2) is 79.4 Å². The Hall–Kier alpha value is -2.87. The van der Waals surface area contributed by atoms with Gasteiger partial charge in [0, 0.05) is 6.08 Å². The van der Waals surface area contributed by atoms with Gasteiger partial charge in [0.15, 0.2) is 0 Å². The molecule has 0 saturated heterocycles. The molecular weight excluding hydrogens is 272 g/mol. The maximum absolute atomic E-state index is 10.1. The van der Waals surface area contributed by atoms with Gasteiger partial charge >= 0.3 is 5.97 Å². The highest BCUT2D eigenvalue weighted by molar-refractivity contribution is 5.80. The number of allylic oxidation sites excluding steroid dienone is 2. The molecule has 2 aromatic carbocycles. The molecule has 0 aliphatic carbocycles. The topological polar surface area (TPSA) is 37.3 Å². The minimum atomic E-state index is -0.932. The molecule has 0 spiro atoms. The van der Waals surface area contributed by atoms with Crippen LogP contribution in [0.25, 0.3) is 12.2 Å². The van der Waals surface area contributed by atoms with E-state index in [2.05, 4.69) is 6.58 Å². The number of benzene rings is 2. The van der Waals surface area contributed by atoms with Crippen LogP contribution in [0.3, 0.4) is 0 Å². The van der Waals surface area contributed by atoms with E-state index < -0.39 is 5.97 Å². The second-order valence-electron chi connectivity index (χ2n) is 4.59. The molecule has 1 N–H and O–H groups in total. The first kappa shape index (κ1) is 17.2. The molecule has 0 saturated carbocycles. The minimum Gasteiger partial charge on any atom is -0.478 e. The zero-order valence-corrected chi connectivity index (χ0v) is 12.6. The number of aliphatic carboxylic acids is 1. The fraction of sp³-hybridized carbons (Fsp3) is 0.0500. The maximum atomic E-state index is 10.1. The van der Waals surface area contributed by atoms with Crippen molar-refractivity contribution in [2.75, 3.05) is 0 Å². The number of carboxylic acids is 1. The minimum absolute atomic E-state index is 0.932. The van der Waals surface area contributed by atoms with Gasteiger partial charge in [0.25, 0.3) is 0 Å². The molecule has 0 heterocycles. The van der Waals surface area contributed by atoms with E-state index in [1.807, 2.05) is 73.7 Å². The summed E-state index contributed by atoms with van der Waals surface area (Å²) in [4.78, 5) is 10.1. The Labute approximate surface area is 131 Å². The lowest BCUT2D eigenvalue weighted by molar-refractivity contribution is -0.131. The molecule has 0 fully saturated rings. The largest absolute Gasteiger partial charge is 0.478 e. The van der Waals surface area contributed by atoms with E-state index in [1.54, 1.807) is 6.08 Å². The Morgan fingerprint density at radius 2 is 1.68 bits per heavy atom. The van der Waals surface area contributed by atoms with E-state index in [1.165, 1.54) is 17.2 Å². The first-order valence-corrected chi connectivity index (χ1v) is 6.93. The van der Waals surface area contributed by atoms with Crippen LogP contribution in [0.4, 0.5) is 0 Å². The van der Waals surface area contributed by atoms with Gasteiger partial charge in [-0.25, -0.2) is 4.79 Å². The summed E-state index contributed by atoms with van der Waals surface area (Å²) in [6.45, 7) is 5.65. The third-order valence-electron chi connectivity index (χ3n) is 2.72. The van der Waals surface area contributed by atoms with Gasteiger partial charge in [0.2, 0.25) is 0 Å². The summed E-state index contributed by atoms with van der Waals surface area (Å²) >= 11 is 0. The Morgan fingerprint density at radius 3 is 2.23 bits per heavy atom. The Bertz CT molecular complexity index is 652. The first-order chi connectivity index (χ1) is 10.6. The highest BCUT2D eigenvalue weighted by Crippen LogP contribution is 2.05. The standard InChI is InChI=1S/C12H12O2.C8H8/c1-10-5-4-7-11(9-10)6-2-3-8-12(13)14;1-2-8-6-4-3-5-7-8/h2-9H,1H3,(H,13,14);2-7H,1H2. The molecule has 0 bridgehead atoms. The van der Waals surface area contributed by atoms with E-state index in [0.29, 0.717) is 0 Å². The van der Waals surface area contributed by atoms with Gasteiger partial charge in [0.1, 0.15) is 0 Å². The van der Waals surface area contributed by atoms with Crippen LogP contribution in [0, 0.1) is 6.92 Å². The molecule has 0 atom stereocenters. The third kappa shape index (κ3) is 7.65. The summed E-state index contributed by atoms with van der Waals surface area (Å²) in [6.07, 6.45) is 8.02. The van der Waals surface area contributed by atoms with Crippen molar-refractivity contribution in [2.45, 2.75) is 6.92 Å². The predicted molar refractivity (Wildman–Crippen MR) is 93.5 cm³/mol. The van der Waals surface area contributed by atoms with Gasteiger partial charge < -0.3 is 5.11 Å². The highest BCUT2D eigenvalue weighted by Gasteiger charge is 1.86. The summed E-state index contributed by atoms with van der Waals surface area (Å²) in [5, 5.41) is 8.33. The van der Waals surface area contributed by atoms with Crippen molar-refractivity contribution in [3.05, 3.63) is 96.1 Å². The number of rotatable bonds is 4. The van der Waals surface area contributed by atoms with E-state index in [0.717, 1.165) is 11.6 Å². The number of hydrogen-bond donors (Lipinski definition) is 1. The lowest BCUT2D eigenvalue weighted by atomic mass is 10.1. The summed E-state index contributed by atoms with van der Waals surface area (Å²) in [7, 11) is 0. The van der Waals surface area contributed by atoms with Crippen LogP contribution in [-0.2, 0) is 4.79 Å². The van der Waals surface area contributed by atoms with Crippen molar-refractivity contribution in [3.63, 3.8) is 0 Å². The maximum Gasteiger partial charge on any atom is 0.328 e. The lowest BCUT2D eigenvalue weighted by Crippen LogP contribution is -1.84. The number of aryl methyl sites for hydroxylation is 1. The molecule has 0 unspecified atom stereocenters. The van der Waals surface area contributed by atoms with E-state index in [9.17, 15) is 4.79 Å². The molecular formula is C20H20O2. The number of carbonyl (C=O) groups is 1. The number of carboxylic acid groups (broad SMARTS) is 1. The lowest BCUT2D eigenvalue weighted by Gasteiger charge is -1.93. The van der Waals surface area contributed by atoms with Gasteiger partial charge in [-0.15, -0.1) is 0 Å². The second kappa shape index (κ2) is 9.94. The normalized spacial score (nSPS) is 10.2. The molecule has 0 aliphatic heterocycles.